The summed E-state index contributed by atoms with van der Waals surface area (Å²) >= 11 is 12.2. The van der Waals surface area contributed by atoms with Crippen molar-refractivity contribution < 1.29 is 14.2 Å². The van der Waals surface area contributed by atoms with Crippen LogP contribution in [0.25, 0.3) is 17.1 Å². The third kappa shape index (κ3) is 4.49. The largest absolute Gasteiger partial charge is 0.497 e. The van der Waals surface area contributed by atoms with Crippen LogP contribution in [-0.2, 0) is 0 Å². The van der Waals surface area contributed by atoms with Gasteiger partial charge in [-0.2, -0.15) is 9.78 Å². The molecule has 0 bridgehead atoms. The van der Waals surface area contributed by atoms with Crippen LogP contribution in [0.15, 0.2) is 52.2 Å². The number of carbonyl (C=O) groups is 1. The summed E-state index contributed by atoms with van der Waals surface area (Å²) < 4.78 is 11.1. The number of benzene rings is 2. The highest BCUT2D eigenvalue weighted by Crippen LogP contribution is 2.31. The number of rotatable bonds is 6. The molecule has 11 nitrogen and oxygen atoms in total. The summed E-state index contributed by atoms with van der Waals surface area (Å²) in [7, 11) is 1.57. The van der Waals surface area contributed by atoms with E-state index in [-0.39, 0.29) is 28.0 Å². The van der Waals surface area contributed by atoms with Gasteiger partial charge in [0, 0.05) is 11.1 Å². The van der Waals surface area contributed by atoms with Gasteiger partial charge in [0.2, 0.25) is 11.6 Å². The second-order valence-corrected chi connectivity index (χ2v) is 7.48. The van der Waals surface area contributed by atoms with Gasteiger partial charge in [-0.05, 0) is 41.5 Å². The summed E-state index contributed by atoms with van der Waals surface area (Å²) in [5, 5.41) is 20.0. The average Bonchev–Trinajstić information content (AvgIpc) is 3.45. The number of halogens is 2. The lowest BCUT2D eigenvalue weighted by Gasteiger charge is -2.08. The zero-order valence-corrected chi connectivity index (χ0v) is 18.8. The highest BCUT2D eigenvalue weighted by Gasteiger charge is 2.25. The van der Waals surface area contributed by atoms with Gasteiger partial charge in [-0.3, -0.25) is 4.79 Å². The molecule has 0 saturated heterocycles. The van der Waals surface area contributed by atoms with Gasteiger partial charge in [-0.15, -0.1) is 5.10 Å². The number of nitrogens with one attached hydrogen (secondary N) is 1. The molecular formula is C20H16Cl2N8O3. The number of nitrogens with two attached hydrogens (primary N) is 1. The van der Waals surface area contributed by atoms with E-state index in [9.17, 15) is 4.79 Å². The first-order chi connectivity index (χ1) is 15.9. The second kappa shape index (κ2) is 9.27. The van der Waals surface area contributed by atoms with Crippen LogP contribution in [0.2, 0.25) is 10.0 Å². The number of nitrogens with zero attached hydrogens (tertiary/aromatic N) is 6. The van der Waals surface area contributed by atoms with Gasteiger partial charge in [0.05, 0.1) is 22.9 Å². The highest BCUT2D eigenvalue weighted by molar-refractivity contribution is 6.42. The summed E-state index contributed by atoms with van der Waals surface area (Å²) in [6, 6.07) is 12.0. The molecule has 33 heavy (non-hydrogen) atoms. The van der Waals surface area contributed by atoms with Gasteiger partial charge in [0.15, 0.2) is 5.69 Å². The summed E-state index contributed by atoms with van der Waals surface area (Å²) in [5.41, 5.74) is 10.3. The fourth-order valence-corrected chi connectivity index (χ4v) is 3.22. The highest BCUT2D eigenvalue weighted by atomic mass is 35.5. The number of hydrazone groups is 1. The molecule has 0 atom stereocenters. The van der Waals surface area contributed by atoms with Crippen LogP contribution in [0, 0.1) is 0 Å². The van der Waals surface area contributed by atoms with E-state index < -0.39 is 5.91 Å². The van der Waals surface area contributed by atoms with E-state index in [1.807, 2.05) is 18.2 Å². The summed E-state index contributed by atoms with van der Waals surface area (Å²) in [6.45, 7) is 1.74. The van der Waals surface area contributed by atoms with Crippen molar-refractivity contribution in [3.8, 4) is 22.8 Å². The molecule has 0 unspecified atom stereocenters. The zero-order chi connectivity index (χ0) is 23.5. The number of carbonyl (C=O) groups excluding carboxylic acids is 1. The van der Waals surface area contributed by atoms with Crippen molar-refractivity contribution in [2.24, 2.45) is 5.10 Å². The normalized spacial score (nSPS) is 11.5. The molecule has 1 amide bonds. The minimum atomic E-state index is -0.625. The van der Waals surface area contributed by atoms with Crippen LogP contribution in [0.4, 0.5) is 5.82 Å². The van der Waals surface area contributed by atoms with Crippen molar-refractivity contribution in [2.75, 3.05) is 12.8 Å². The number of aromatic nitrogens is 5. The first-order valence-electron chi connectivity index (χ1n) is 9.37. The molecule has 0 saturated carbocycles. The van der Waals surface area contributed by atoms with Crippen molar-refractivity contribution >= 4 is 40.6 Å². The number of hydrogen-bond acceptors (Lipinski definition) is 9. The topological polar surface area (TPSA) is 146 Å². The summed E-state index contributed by atoms with van der Waals surface area (Å²) in [5.74, 6) is 0.0513. The minimum absolute atomic E-state index is 0.0416. The maximum Gasteiger partial charge on any atom is 0.294 e. The molecule has 13 heteroatoms. The van der Waals surface area contributed by atoms with E-state index in [0.29, 0.717) is 22.0 Å². The van der Waals surface area contributed by atoms with E-state index in [1.54, 1.807) is 38.3 Å². The molecule has 0 radical (unpaired) electrons. The first-order valence-corrected chi connectivity index (χ1v) is 10.1. The lowest BCUT2D eigenvalue weighted by Crippen LogP contribution is -2.21. The number of ether oxygens (including phenoxy) is 1. The smallest absolute Gasteiger partial charge is 0.294 e. The molecule has 4 aromatic rings. The molecule has 0 fully saturated rings. The summed E-state index contributed by atoms with van der Waals surface area (Å²) in [6.07, 6.45) is 0. The van der Waals surface area contributed by atoms with Crippen molar-refractivity contribution in [3.63, 3.8) is 0 Å². The molecule has 0 aliphatic rings. The predicted octanol–water partition coefficient (Wildman–Crippen LogP) is 3.37. The van der Waals surface area contributed by atoms with E-state index in [2.05, 4.69) is 35.8 Å². The van der Waals surface area contributed by atoms with Crippen LogP contribution in [-0.4, -0.2) is 44.0 Å². The maximum atomic E-state index is 13.0. The van der Waals surface area contributed by atoms with Gasteiger partial charge in [0.25, 0.3) is 5.91 Å². The van der Waals surface area contributed by atoms with Crippen LogP contribution in [0.1, 0.15) is 23.0 Å². The Morgan fingerprint density at radius 3 is 2.70 bits per heavy atom. The van der Waals surface area contributed by atoms with Gasteiger partial charge >= 0.3 is 0 Å². The molecule has 3 N–H and O–H groups in total. The average molecular weight is 487 g/mol. The van der Waals surface area contributed by atoms with Crippen LogP contribution < -0.4 is 15.9 Å². The molecule has 2 aromatic carbocycles. The molecule has 4 rings (SSSR count). The number of anilines is 1. The molecule has 0 spiro atoms. The van der Waals surface area contributed by atoms with Crippen molar-refractivity contribution in [1.82, 2.24) is 30.7 Å². The van der Waals surface area contributed by atoms with Crippen molar-refractivity contribution in [2.45, 2.75) is 6.92 Å². The monoisotopic (exact) mass is 486 g/mol. The quantitative estimate of drug-likeness (QED) is 0.311. The Hall–Kier alpha value is -3.96. The fourth-order valence-electron chi connectivity index (χ4n) is 2.92. The van der Waals surface area contributed by atoms with E-state index >= 15 is 0 Å². The Balaban J connectivity index is 1.72. The molecule has 0 aliphatic heterocycles. The number of nitrogen functional groups attached to an aromatic ring is 1. The zero-order valence-electron chi connectivity index (χ0n) is 17.3. The minimum Gasteiger partial charge on any atom is -0.497 e. The molecule has 0 aliphatic carbocycles. The Labute approximate surface area is 197 Å². The predicted molar refractivity (Wildman–Crippen MR) is 122 cm³/mol. The SMILES string of the molecule is COc1cccc(/C(C)=N\NC(=O)c2nnn(-c3nonc3N)c2-c2ccc(Cl)c(Cl)c2)c1. The number of methoxy groups -OCH3 is 1. The standard InChI is InChI=1S/C20H16Cl2N8O3/c1-10(11-4-3-5-13(8-11)32-2)24-26-20(31)16-17(12-6-7-14(21)15(22)9-12)30(29-25-16)19-18(23)27-33-28-19/h3-9H,1-2H3,(H2,23,27)(H,26,31)/b24-10-. The Morgan fingerprint density at radius 1 is 1.18 bits per heavy atom. The first kappa shape index (κ1) is 22.2. The van der Waals surface area contributed by atoms with E-state index in [0.717, 1.165) is 5.56 Å². The van der Waals surface area contributed by atoms with Gasteiger partial charge in [-0.25, -0.2) is 10.1 Å². The van der Waals surface area contributed by atoms with Gasteiger partial charge < -0.3 is 10.5 Å². The number of hydrogen-bond donors (Lipinski definition) is 2. The van der Waals surface area contributed by atoms with Crippen molar-refractivity contribution in [1.29, 1.82) is 0 Å². The maximum absolute atomic E-state index is 13.0. The van der Waals surface area contributed by atoms with E-state index in [1.165, 1.54) is 4.68 Å². The molecular weight excluding hydrogens is 471 g/mol. The Morgan fingerprint density at radius 2 is 2.00 bits per heavy atom. The van der Waals surface area contributed by atoms with Crippen molar-refractivity contribution in [3.05, 3.63) is 63.8 Å². The Kier molecular flexibility index (Phi) is 6.24. The fraction of sp³-hybridized carbons (Fsp3) is 0.100. The second-order valence-electron chi connectivity index (χ2n) is 6.67. The van der Waals surface area contributed by atoms with E-state index in [4.69, 9.17) is 33.7 Å². The lowest BCUT2D eigenvalue weighted by atomic mass is 10.1. The van der Waals surface area contributed by atoms with Crippen LogP contribution in [0.3, 0.4) is 0 Å². The van der Waals surface area contributed by atoms with Crippen LogP contribution >= 0.6 is 23.2 Å². The molecule has 2 heterocycles. The summed E-state index contributed by atoms with van der Waals surface area (Å²) in [4.78, 5) is 13.0. The van der Waals surface area contributed by atoms with Gasteiger partial charge in [-0.1, -0.05) is 46.6 Å². The van der Waals surface area contributed by atoms with Gasteiger partial charge in [0.1, 0.15) is 11.4 Å². The lowest BCUT2D eigenvalue weighted by molar-refractivity contribution is 0.0950. The molecule has 2 aromatic heterocycles. The molecule has 168 valence electrons. The third-order valence-corrected chi connectivity index (χ3v) is 5.33. The Bertz CT molecular complexity index is 1370. The third-order valence-electron chi connectivity index (χ3n) is 4.59. The number of amides is 1. The van der Waals surface area contributed by atoms with Crippen LogP contribution in [0.5, 0.6) is 5.75 Å².